The van der Waals surface area contributed by atoms with Gasteiger partial charge in [0, 0.05) is 6.61 Å². The lowest BCUT2D eigenvalue weighted by Crippen LogP contribution is -2.24. The Labute approximate surface area is 92.2 Å². The van der Waals surface area contributed by atoms with Crippen LogP contribution in [-0.4, -0.2) is 24.9 Å². The van der Waals surface area contributed by atoms with Crippen LogP contribution in [0.5, 0.6) is 0 Å². The number of ether oxygens (including phenoxy) is 1. The number of hydrogen-bond acceptors (Lipinski definition) is 5. The van der Waals surface area contributed by atoms with E-state index in [1.165, 1.54) is 6.92 Å². The monoisotopic (exact) mass is 258 g/mol. The van der Waals surface area contributed by atoms with E-state index in [9.17, 15) is 9.13 Å². The zero-order valence-corrected chi connectivity index (χ0v) is 11.7. The highest BCUT2D eigenvalue weighted by molar-refractivity contribution is 7.64. The molecule has 15 heavy (non-hydrogen) atoms. The summed E-state index contributed by atoms with van der Waals surface area (Å²) < 4.78 is 38.9. The van der Waals surface area contributed by atoms with E-state index < -0.39 is 21.1 Å². The van der Waals surface area contributed by atoms with Crippen molar-refractivity contribution in [3.05, 3.63) is 0 Å². The second kappa shape index (κ2) is 6.82. The fraction of sp³-hybridized carbons (Fsp3) is 1.00. The first-order chi connectivity index (χ1) is 6.99. The van der Waals surface area contributed by atoms with Gasteiger partial charge in [-0.2, -0.15) is 0 Å². The summed E-state index contributed by atoms with van der Waals surface area (Å²) in [7, 11) is -4.86. The third-order valence-electron chi connectivity index (χ3n) is 1.80. The molecule has 0 saturated heterocycles. The topological polar surface area (TPSA) is 61.8 Å². The van der Waals surface area contributed by atoms with Crippen LogP contribution in [0.25, 0.3) is 0 Å². The molecule has 0 aliphatic heterocycles. The summed E-state index contributed by atoms with van der Waals surface area (Å²) in [6, 6.07) is 0. The van der Waals surface area contributed by atoms with Gasteiger partial charge >= 0.3 is 7.60 Å². The Kier molecular flexibility index (Phi) is 6.98. The molecule has 2 unspecified atom stereocenters. The van der Waals surface area contributed by atoms with Crippen molar-refractivity contribution in [3.63, 3.8) is 0 Å². The second-order valence-corrected chi connectivity index (χ2v) is 7.16. The van der Waals surface area contributed by atoms with Crippen LogP contribution in [-0.2, 0) is 22.9 Å². The molecule has 0 N–H and O–H groups in total. The van der Waals surface area contributed by atoms with E-state index in [0.717, 1.165) is 0 Å². The Bertz CT molecular complexity index is 235. The summed E-state index contributed by atoms with van der Waals surface area (Å²) in [5, 5.41) is -1.31. The van der Waals surface area contributed by atoms with Gasteiger partial charge < -0.3 is 18.3 Å². The minimum absolute atomic E-state index is 0.235. The Hall–Kier alpha value is 0.340. The predicted molar refractivity (Wildman–Crippen MR) is 61.3 cm³/mol. The fourth-order valence-corrected chi connectivity index (χ4v) is 3.86. The van der Waals surface area contributed by atoms with E-state index in [1.807, 2.05) is 0 Å². The second-order valence-electron chi connectivity index (χ2n) is 2.94. The smallest absolute Gasteiger partial charge is 0.356 e. The minimum Gasteiger partial charge on any atom is -0.356 e. The molecule has 2 atom stereocenters. The third kappa shape index (κ3) is 3.69. The third-order valence-corrected chi connectivity index (χ3v) is 6.08. The minimum atomic E-state index is -3.46. The van der Waals surface area contributed by atoms with E-state index in [1.54, 1.807) is 20.8 Å². The first-order valence-electron chi connectivity index (χ1n) is 4.99. The maximum absolute atomic E-state index is 12.3. The molecular formula is C8H20O5P2. The van der Waals surface area contributed by atoms with Crippen LogP contribution in [0, 0.1) is 0 Å². The Morgan fingerprint density at radius 1 is 1.13 bits per heavy atom. The summed E-state index contributed by atoms with van der Waals surface area (Å²) >= 11 is 0. The van der Waals surface area contributed by atoms with Gasteiger partial charge in [-0.3, -0.25) is 4.57 Å². The van der Waals surface area contributed by atoms with Gasteiger partial charge in [-0.05, 0) is 27.7 Å². The molecule has 0 aliphatic carbocycles. The van der Waals surface area contributed by atoms with Gasteiger partial charge in [-0.25, -0.2) is 0 Å². The molecule has 0 amide bonds. The van der Waals surface area contributed by atoms with Crippen molar-refractivity contribution in [2.75, 3.05) is 19.8 Å². The van der Waals surface area contributed by atoms with E-state index >= 15 is 0 Å². The van der Waals surface area contributed by atoms with Crippen molar-refractivity contribution in [2.45, 2.75) is 32.8 Å². The number of hydrogen-bond donors (Lipinski definition) is 0. The molecule has 0 aromatic heterocycles. The van der Waals surface area contributed by atoms with E-state index in [0.29, 0.717) is 6.61 Å². The Morgan fingerprint density at radius 3 is 1.87 bits per heavy atom. The Morgan fingerprint density at radius 2 is 1.60 bits per heavy atom. The predicted octanol–water partition coefficient (Wildman–Crippen LogP) is 2.72. The molecule has 7 heteroatoms. The van der Waals surface area contributed by atoms with Gasteiger partial charge in [0.05, 0.1) is 13.2 Å². The fourth-order valence-electron chi connectivity index (χ4n) is 1.10. The molecule has 0 saturated carbocycles. The largest absolute Gasteiger partial charge is 0.368 e. The maximum Gasteiger partial charge on any atom is 0.368 e. The summed E-state index contributed by atoms with van der Waals surface area (Å²) in [6.45, 7) is 7.45. The average molecular weight is 258 g/mol. The van der Waals surface area contributed by atoms with Crippen molar-refractivity contribution in [3.8, 4) is 0 Å². The van der Waals surface area contributed by atoms with Crippen molar-refractivity contribution in [1.29, 1.82) is 0 Å². The highest BCUT2D eigenvalue weighted by atomic mass is 31.2. The van der Waals surface area contributed by atoms with Gasteiger partial charge in [-0.15, -0.1) is 0 Å². The quantitative estimate of drug-likeness (QED) is 0.626. The lowest BCUT2D eigenvalue weighted by atomic mass is 10.8. The summed E-state index contributed by atoms with van der Waals surface area (Å²) in [5.41, 5.74) is 0. The van der Waals surface area contributed by atoms with E-state index in [4.69, 9.17) is 13.8 Å². The van der Waals surface area contributed by atoms with Crippen LogP contribution >= 0.6 is 16.1 Å². The van der Waals surface area contributed by atoms with Gasteiger partial charge in [0.2, 0.25) is 5.08 Å². The van der Waals surface area contributed by atoms with Gasteiger partial charge in [0.1, 0.15) is 8.46 Å². The zero-order chi connectivity index (χ0) is 11.9. The molecular weight excluding hydrogens is 238 g/mol. The van der Waals surface area contributed by atoms with Crippen LogP contribution in [0.3, 0.4) is 0 Å². The van der Waals surface area contributed by atoms with Crippen molar-refractivity contribution in [2.24, 2.45) is 0 Å². The van der Waals surface area contributed by atoms with Crippen LogP contribution in [0.2, 0.25) is 0 Å². The normalized spacial score (nSPS) is 17.1. The molecule has 0 aromatic rings. The van der Waals surface area contributed by atoms with Crippen molar-refractivity contribution < 1.29 is 22.9 Å². The van der Waals surface area contributed by atoms with Gasteiger partial charge in [0.15, 0.2) is 0 Å². The van der Waals surface area contributed by atoms with Crippen LogP contribution in [0.4, 0.5) is 0 Å². The Balaban J connectivity index is 4.99. The standard InChI is InChI=1S/C8H20O5P2/c1-5-11-8(4,14-9)15(10,12-6-2)13-7-3/h5-7,14H2,1-4H3. The molecule has 0 bridgehead atoms. The zero-order valence-electron chi connectivity index (χ0n) is 9.69. The van der Waals surface area contributed by atoms with Crippen LogP contribution < -0.4 is 0 Å². The van der Waals surface area contributed by atoms with E-state index in [2.05, 4.69) is 0 Å². The summed E-state index contributed by atoms with van der Waals surface area (Å²) in [6.07, 6.45) is 0. The molecule has 92 valence electrons. The lowest BCUT2D eigenvalue weighted by molar-refractivity contribution is 0.0635. The summed E-state index contributed by atoms with van der Waals surface area (Å²) in [5.74, 6) is 0. The molecule has 0 heterocycles. The first kappa shape index (κ1) is 15.3. The van der Waals surface area contributed by atoms with Gasteiger partial charge in [0.25, 0.3) is 0 Å². The van der Waals surface area contributed by atoms with Crippen LogP contribution in [0.15, 0.2) is 0 Å². The molecule has 0 aromatic carbocycles. The molecule has 0 fully saturated rings. The molecule has 0 aliphatic rings. The van der Waals surface area contributed by atoms with Gasteiger partial charge in [-0.1, -0.05) is 0 Å². The highest BCUT2D eigenvalue weighted by Crippen LogP contribution is 2.64. The SMILES string of the molecule is CCOC(C)([PH2]=O)P(=O)(OCC)OCC. The molecule has 0 radical (unpaired) electrons. The molecule has 5 nitrogen and oxygen atoms in total. The average Bonchev–Trinajstić information content (AvgIpc) is 2.18. The van der Waals surface area contributed by atoms with Crippen LogP contribution in [0.1, 0.15) is 27.7 Å². The van der Waals surface area contributed by atoms with E-state index in [-0.39, 0.29) is 13.2 Å². The van der Waals surface area contributed by atoms with Crippen molar-refractivity contribution in [1.82, 2.24) is 0 Å². The number of rotatable bonds is 8. The van der Waals surface area contributed by atoms with Crippen molar-refractivity contribution >= 4 is 16.1 Å². The lowest BCUT2D eigenvalue weighted by Gasteiger charge is -2.31. The molecule has 0 spiro atoms. The highest BCUT2D eigenvalue weighted by Gasteiger charge is 2.47. The molecule has 0 rings (SSSR count). The summed E-state index contributed by atoms with van der Waals surface area (Å²) in [4.78, 5) is 0. The maximum atomic E-state index is 12.3. The first-order valence-corrected chi connectivity index (χ1v) is 7.58.